The van der Waals surface area contributed by atoms with E-state index in [0.29, 0.717) is 16.7 Å². The van der Waals surface area contributed by atoms with Crippen LogP contribution in [0.3, 0.4) is 0 Å². The van der Waals surface area contributed by atoms with Crippen LogP contribution in [-0.4, -0.2) is 34.4 Å². The number of benzene rings is 3. The third-order valence-corrected chi connectivity index (χ3v) is 7.26. The summed E-state index contributed by atoms with van der Waals surface area (Å²) in [5, 5.41) is 0.637. The van der Waals surface area contributed by atoms with Crippen molar-refractivity contribution >= 4 is 38.2 Å². The van der Waals surface area contributed by atoms with Gasteiger partial charge in [-0.2, -0.15) is 0 Å². The van der Waals surface area contributed by atoms with Gasteiger partial charge in [0.05, 0.1) is 12.0 Å². The second-order valence-electron chi connectivity index (χ2n) is 8.03. The molecule has 0 aliphatic rings. The van der Waals surface area contributed by atoms with Gasteiger partial charge >= 0.3 is 5.63 Å². The lowest BCUT2D eigenvalue weighted by Gasteiger charge is -2.21. The maximum absolute atomic E-state index is 13.0. The van der Waals surface area contributed by atoms with Gasteiger partial charge in [0.15, 0.2) is 5.78 Å². The molecule has 0 atom stereocenters. The van der Waals surface area contributed by atoms with E-state index in [1.165, 1.54) is 49.6 Å². The fourth-order valence-electron chi connectivity index (χ4n) is 3.86. The van der Waals surface area contributed by atoms with Crippen LogP contribution < -0.4 is 20.0 Å². The molecule has 0 unspecified atom stereocenters. The first-order chi connectivity index (χ1) is 17.2. The van der Waals surface area contributed by atoms with Gasteiger partial charge in [0, 0.05) is 41.5 Å². The molecule has 186 valence electrons. The first-order valence-electron chi connectivity index (χ1n) is 11.4. The Balaban J connectivity index is 1.56. The average Bonchev–Trinajstić information content (AvgIpc) is 2.89. The summed E-state index contributed by atoms with van der Waals surface area (Å²) in [6, 6.07) is 18.9. The Morgan fingerprint density at radius 1 is 0.944 bits per heavy atom. The fraction of sp³-hybridized carbons (Fsp3) is 0.185. The van der Waals surface area contributed by atoms with Crippen LogP contribution in [0, 0.1) is 0 Å². The van der Waals surface area contributed by atoms with Crippen LogP contribution in [0.5, 0.6) is 5.75 Å². The van der Waals surface area contributed by atoms with Crippen LogP contribution in [0.4, 0.5) is 11.4 Å². The molecule has 0 aliphatic heterocycles. The summed E-state index contributed by atoms with van der Waals surface area (Å²) >= 11 is 0. The van der Waals surface area contributed by atoms with Crippen molar-refractivity contribution in [3.05, 3.63) is 94.3 Å². The second-order valence-corrected chi connectivity index (χ2v) is 9.71. The van der Waals surface area contributed by atoms with E-state index in [1.807, 2.05) is 26.0 Å². The molecule has 8 nitrogen and oxygen atoms in total. The normalized spacial score (nSPS) is 11.3. The molecule has 0 radical (unpaired) electrons. The molecule has 1 N–H and O–H groups in total. The molecule has 4 rings (SSSR count). The van der Waals surface area contributed by atoms with Crippen LogP contribution in [0.15, 0.2) is 86.9 Å². The third kappa shape index (κ3) is 5.11. The van der Waals surface area contributed by atoms with Gasteiger partial charge in [0.2, 0.25) is 0 Å². The number of ether oxygens (including phenoxy) is 1. The number of nitrogens with one attached hydrogen (secondary N) is 1. The number of hydrogen-bond acceptors (Lipinski definition) is 7. The molecule has 0 spiro atoms. The molecule has 0 bridgehead atoms. The maximum atomic E-state index is 13.0. The average molecular weight is 507 g/mol. The summed E-state index contributed by atoms with van der Waals surface area (Å²) in [5.41, 5.74) is 1.02. The summed E-state index contributed by atoms with van der Waals surface area (Å²) in [6.45, 7) is 5.71. The third-order valence-electron chi connectivity index (χ3n) is 5.86. The van der Waals surface area contributed by atoms with Crippen LogP contribution in [0.1, 0.15) is 29.8 Å². The second kappa shape index (κ2) is 10.2. The molecule has 3 aromatic carbocycles. The van der Waals surface area contributed by atoms with E-state index in [0.717, 1.165) is 18.8 Å². The van der Waals surface area contributed by atoms with E-state index in [9.17, 15) is 18.0 Å². The predicted molar refractivity (Wildman–Crippen MR) is 140 cm³/mol. The van der Waals surface area contributed by atoms with Gasteiger partial charge in [-0.3, -0.25) is 9.52 Å². The van der Waals surface area contributed by atoms with Gasteiger partial charge in [0.25, 0.3) is 10.0 Å². The standard InChI is InChI=1S/C27H26N2O6S/c1-4-29(5-2)21-11-8-19-16-24(27(31)35-25(19)17-21)26(30)18-6-9-20(10-7-18)28-36(32,33)23-14-12-22(34-3)13-15-23/h6-17,28H,4-5H2,1-3H3. The minimum Gasteiger partial charge on any atom is -0.497 e. The monoisotopic (exact) mass is 506 g/mol. The van der Waals surface area contributed by atoms with Crippen molar-refractivity contribution in [2.75, 3.05) is 29.8 Å². The molecule has 0 fully saturated rings. The van der Waals surface area contributed by atoms with Crippen LogP contribution in [-0.2, 0) is 10.0 Å². The number of hydrogen-bond donors (Lipinski definition) is 1. The van der Waals surface area contributed by atoms with Crippen LogP contribution in [0.2, 0.25) is 0 Å². The minimum atomic E-state index is -3.83. The zero-order valence-electron chi connectivity index (χ0n) is 20.1. The summed E-state index contributed by atoms with van der Waals surface area (Å²) < 4.78 is 38.3. The summed E-state index contributed by atoms with van der Waals surface area (Å²) in [7, 11) is -2.33. The SMILES string of the molecule is CCN(CC)c1ccc2cc(C(=O)c3ccc(NS(=O)(=O)c4ccc(OC)cc4)cc3)c(=O)oc2c1. The number of ketones is 1. The van der Waals surface area contributed by atoms with Crippen molar-refractivity contribution < 1.29 is 22.4 Å². The number of carbonyl (C=O) groups excluding carboxylic acids is 1. The predicted octanol–water partition coefficient (Wildman–Crippen LogP) is 4.68. The Hall–Kier alpha value is -4.11. The number of anilines is 2. The molecular formula is C27H26N2O6S. The Morgan fingerprint density at radius 3 is 2.22 bits per heavy atom. The molecular weight excluding hydrogens is 480 g/mol. The zero-order valence-corrected chi connectivity index (χ0v) is 21.0. The first-order valence-corrected chi connectivity index (χ1v) is 12.9. The van der Waals surface area contributed by atoms with Gasteiger partial charge in [-0.15, -0.1) is 0 Å². The summed E-state index contributed by atoms with van der Waals surface area (Å²) in [4.78, 5) is 27.9. The van der Waals surface area contributed by atoms with E-state index < -0.39 is 21.4 Å². The van der Waals surface area contributed by atoms with E-state index in [2.05, 4.69) is 9.62 Å². The smallest absolute Gasteiger partial charge is 0.347 e. The molecule has 1 aromatic heterocycles. The van der Waals surface area contributed by atoms with E-state index in [4.69, 9.17) is 9.15 Å². The summed E-state index contributed by atoms with van der Waals surface area (Å²) in [6.07, 6.45) is 0. The Kier molecular flexibility index (Phi) is 7.12. The van der Waals surface area contributed by atoms with Crippen molar-refractivity contribution in [3.63, 3.8) is 0 Å². The first kappa shape index (κ1) is 25.0. The molecule has 0 amide bonds. The van der Waals surface area contributed by atoms with E-state index >= 15 is 0 Å². The number of nitrogens with zero attached hydrogens (tertiary/aromatic N) is 1. The largest absolute Gasteiger partial charge is 0.497 e. The lowest BCUT2D eigenvalue weighted by atomic mass is 10.0. The molecule has 0 aliphatic carbocycles. The van der Waals surface area contributed by atoms with E-state index in [-0.39, 0.29) is 21.7 Å². The minimum absolute atomic E-state index is 0.0707. The van der Waals surface area contributed by atoms with Gasteiger partial charge in [-0.05, 0) is 80.6 Å². The molecule has 4 aromatic rings. The molecule has 0 saturated carbocycles. The van der Waals surface area contributed by atoms with Gasteiger partial charge < -0.3 is 14.1 Å². The lowest BCUT2D eigenvalue weighted by molar-refractivity contribution is 0.103. The van der Waals surface area contributed by atoms with E-state index in [1.54, 1.807) is 18.2 Å². The van der Waals surface area contributed by atoms with Crippen molar-refractivity contribution in [3.8, 4) is 5.75 Å². The van der Waals surface area contributed by atoms with Crippen molar-refractivity contribution in [1.29, 1.82) is 0 Å². The number of rotatable bonds is 9. The van der Waals surface area contributed by atoms with Crippen LogP contribution in [0.25, 0.3) is 11.0 Å². The highest BCUT2D eigenvalue weighted by Crippen LogP contribution is 2.24. The van der Waals surface area contributed by atoms with Gasteiger partial charge in [-0.25, -0.2) is 13.2 Å². The number of carbonyl (C=O) groups is 1. The number of methoxy groups -OCH3 is 1. The highest BCUT2D eigenvalue weighted by atomic mass is 32.2. The lowest BCUT2D eigenvalue weighted by Crippen LogP contribution is -2.21. The van der Waals surface area contributed by atoms with Crippen molar-refractivity contribution in [1.82, 2.24) is 0 Å². The van der Waals surface area contributed by atoms with Crippen molar-refractivity contribution in [2.24, 2.45) is 0 Å². The van der Waals surface area contributed by atoms with Crippen molar-refractivity contribution in [2.45, 2.75) is 18.7 Å². The Bertz CT molecular complexity index is 1560. The van der Waals surface area contributed by atoms with Crippen LogP contribution >= 0.6 is 0 Å². The molecule has 0 saturated heterocycles. The number of sulfonamides is 1. The van der Waals surface area contributed by atoms with Gasteiger partial charge in [0.1, 0.15) is 16.9 Å². The Labute approximate surface area is 209 Å². The summed E-state index contributed by atoms with van der Waals surface area (Å²) in [5.74, 6) is 0.0299. The zero-order chi connectivity index (χ0) is 25.9. The fourth-order valence-corrected chi connectivity index (χ4v) is 4.92. The highest BCUT2D eigenvalue weighted by Gasteiger charge is 2.18. The van der Waals surface area contributed by atoms with Gasteiger partial charge in [-0.1, -0.05) is 0 Å². The quantitative estimate of drug-likeness (QED) is 0.260. The Morgan fingerprint density at radius 2 is 1.61 bits per heavy atom. The topological polar surface area (TPSA) is 106 Å². The highest BCUT2D eigenvalue weighted by molar-refractivity contribution is 7.92. The molecule has 36 heavy (non-hydrogen) atoms. The molecule has 1 heterocycles. The maximum Gasteiger partial charge on any atom is 0.347 e. The number of fused-ring (bicyclic) bond motifs is 1. The molecule has 9 heteroatoms.